The lowest BCUT2D eigenvalue weighted by Crippen LogP contribution is -2.10. The van der Waals surface area contributed by atoms with Crippen LogP contribution >= 0.6 is 11.8 Å². The number of primary amides is 1. The van der Waals surface area contributed by atoms with Crippen LogP contribution in [0.4, 0.5) is 0 Å². The number of benzene rings is 2. The molecule has 98 valence electrons. The average Bonchev–Trinajstić information content (AvgIpc) is 2.46. The molecule has 0 heterocycles. The lowest BCUT2D eigenvalue weighted by atomic mass is 10.0. The zero-order chi connectivity index (χ0) is 13.8. The van der Waals surface area contributed by atoms with Crippen molar-refractivity contribution in [2.45, 2.75) is 4.90 Å². The molecule has 0 fully saturated rings. The SMILES string of the molecule is COc1ccc(-c2ccc(C(N)=O)cc2)cc1SC. The van der Waals surface area contributed by atoms with Crippen molar-refractivity contribution in [3.8, 4) is 16.9 Å². The van der Waals surface area contributed by atoms with Gasteiger partial charge in [0.25, 0.3) is 0 Å². The molecule has 0 atom stereocenters. The van der Waals surface area contributed by atoms with Crippen molar-refractivity contribution >= 4 is 17.7 Å². The average molecular weight is 273 g/mol. The van der Waals surface area contributed by atoms with E-state index in [1.54, 1.807) is 31.0 Å². The minimum absolute atomic E-state index is 0.411. The van der Waals surface area contributed by atoms with Crippen LogP contribution in [-0.2, 0) is 0 Å². The van der Waals surface area contributed by atoms with Gasteiger partial charge in [-0.05, 0) is 41.6 Å². The van der Waals surface area contributed by atoms with Gasteiger partial charge in [-0.15, -0.1) is 11.8 Å². The van der Waals surface area contributed by atoms with E-state index in [9.17, 15) is 4.79 Å². The number of ether oxygens (including phenoxy) is 1. The van der Waals surface area contributed by atoms with Crippen LogP contribution < -0.4 is 10.5 Å². The summed E-state index contributed by atoms with van der Waals surface area (Å²) in [6, 6.07) is 13.3. The van der Waals surface area contributed by atoms with E-state index in [1.165, 1.54) is 0 Å². The van der Waals surface area contributed by atoms with E-state index in [2.05, 4.69) is 6.07 Å². The summed E-state index contributed by atoms with van der Waals surface area (Å²) in [6.07, 6.45) is 2.01. The molecule has 0 aliphatic carbocycles. The van der Waals surface area contributed by atoms with Crippen LogP contribution in [-0.4, -0.2) is 19.3 Å². The third-order valence-electron chi connectivity index (χ3n) is 2.89. The number of nitrogens with two attached hydrogens (primary N) is 1. The minimum atomic E-state index is -0.411. The van der Waals surface area contributed by atoms with Crippen molar-refractivity contribution in [3.05, 3.63) is 48.0 Å². The fraction of sp³-hybridized carbons (Fsp3) is 0.133. The van der Waals surface area contributed by atoms with Crippen molar-refractivity contribution in [3.63, 3.8) is 0 Å². The molecule has 1 amide bonds. The standard InChI is InChI=1S/C15H15NO2S/c1-18-13-8-7-12(9-14(13)19-2)10-3-5-11(6-4-10)15(16)17/h3-9H,1-2H3,(H2,16,17). The van der Waals surface area contributed by atoms with E-state index in [-0.39, 0.29) is 0 Å². The quantitative estimate of drug-likeness (QED) is 0.870. The third kappa shape index (κ3) is 2.90. The number of hydrogen-bond acceptors (Lipinski definition) is 3. The molecular formula is C15H15NO2S. The number of carbonyl (C=O) groups excluding carboxylic acids is 1. The van der Waals surface area contributed by atoms with Crippen LogP contribution in [0, 0.1) is 0 Å². The summed E-state index contributed by atoms with van der Waals surface area (Å²) in [4.78, 5) is 12.1. The monoisotopic (exact) mass is 273 g/mol. The van der Waals surface area contributed by atoms with Crippen molar-refractivity contribution in [1.82, 2.24) is 0 Å². The fourth-order valence-electron chi connectivity index (χ4n) is 1.84. The molecule has 4 heteroatoms. The summed E-state index contributed by atoms with van der Waals surface area (Å²) in [5.74, 6) is 0.455. The zero-order valence-corrected chi connectivity index (χ0v) is 11.7. The van der Waals surface area contributed by atoms with E-state index in [1.807, 2.05) is 30.5 Å². The first-order valence-corrected chi connectivity index (χ1v) is 7.00. The molecule has 0 saturated heterocycles. The Bertz CT molecular complexity index is 594. The molecule has 2 N–H and O–H groups in total. The summed E-state index contributed by atoms with van der Waals surface area (Å²) in [7, 11) is 1.66. The number of carbonyl (C=O) groups is 1. The van der Waals surface area contributed by atoms with Gasteiger partial charge in [0.05, 0.1) is 7.11 Å². The Hall–Kier alpha value is -1.94. The van der Waals surface area contributed by atoms with Gasteiger partial charge < -0.3 is 10.5 Å². The summed E-state index contributed by atoms with van der Waals surface area (Å²) >= 11 is 1.64. The molecule has 0 bridgehead atoms. The Morgan fingerprint density at radius 1 is 1.11 bits per heavy atom. The molecule has 0 spiro atoms. The van der Waals surface area contributed by atoms with Crippen LogP contribution in [0.3, 0.4) is 0 Å². The maximum atomic E-state index is 11.0. The topological polar surface area (TPSA) is 52.3 Å². The molecule has 0 aromatic heterocycles. The first-order chi connectivity index (χ1) is 9.15. The maximum Gasteiger partial charge on any atom is 0.248 e. The second-order valence-corrected chi connectivity index (χ2v) is 4.86. The highest BCUT2D eigenvalue weighted by Crippen LogP contribution is 2.32. The van der Waals surface area contributed by atoms with Crippen LogP contribution in [0.15, 0.2) is 47.4 Å². The Morgan fingerprint density at radius 2 is 1.74 bits per heavy atom. The molecule has 2 aromatic carbocycles. The number of methoxy groups -OCH3 is 1. The first-order valence-electron chi connectivity index (χ1n) is 5.78. The van der Waals surface area contributed by atoms with Crippen LogP contribution in [0.5, 0.6) is 5.75 Å². The van der Waals surface area contributed by atoms with E-state index < -0.39 is 5.91 Å². The van der Waals surface area contributed by atoms with Crippen LogP contribution in [0.2, 0.25) is 0 Å². The summed E-state index contributed by atoms with van der Waals surface area (Å²) in [5.41, 5.74) is 7.87. The Balaban J connectivity index is 2.38. The maximum absolute atomic E-state index is 11.0. The highest BCUT2D eigenvalue weighted by molar-refractivity contribution is 7.98. The highest BCUT2D eigenvalue weighted by Gasteiger charge is 2.06. The normalized spacial score (nSPS) is 10.2. The van der Waals surface area contributed by atoms with Crippen molar-refractivity contribution in [2.24, 2.45) is 5.73 Å². The molecule has 0 saturated carbocycles. The van der Waals surface area contributed by atoms with E-state index in [0.29, 0.717) is 5.56 Å². The third-order valence-corrected chi connectivity index (χ3v) is 3.65. The van der Waals surface area contributed by atoms with Gasteiger partial charge in [-0.2, -0.15) is 0 Å². The van der Waals surface area contributed by atoms with Gasteiger partial charge in [-0.3, -0.25) is 4.79 Å². The van der Waals surface area contributed by atoms with E-state index >= 15 is 0 Å². The summed E-state index contributed by atoms with van der Waals surface area (Å²) in [5, 5.41) is 0. The molecule has 19 heavy (non-hydrogen) atoms. The summed E-state index contributed by atoms with van der Waals surface area (Å²) in [6.45, 7) is 0. The number of rotatable bonds is 4. The van der Waals surface area contributed by atoms with E-state index in [0.717, 1.165) is 21.8 Å². The predicted octanol–water partition coefficient (Wildman–Crippen LogP) is 3.18. The number of hydrogen-bond donors (Lipinski definition) is 1. The first kappa shape index (κ1) is 13.5. The number of amides is 1. The molecule has 0 aliphatic heterocycles. The highest BCUT2D eigenvalue weighted by atomic mass is 32.2. The fourth-order valence-corrected chi connectivity index (χ4v) is 2.44. The molecule has 2 rings (SSSR count). The van der Waals surface area contributed by atoms with Crippen LogP contribution in [0.25, 0.3) is 11.1 Å². The van der Waals surface area contributed by atoms with Gasteiger partial charge in [0, 0.05) is 10.5 Å². The molecule has 0 unspecified atom stereocenters. The van der Waals surface area contributed by atoms with Gasteiger partial charge in [-0.25, -0.2) is 0 Å². The Kier molecular flexibility index (Phi) is 4.12. The lowest BCUT2D eigenvalue weighted by molar-refractivity contribution is 0.100. The second-order valence-electron chi connectivity index (χ2n) is 4.01. The molecular weight excluding hydrogens is 258 g/mol. The Morgan fingerprint density at radius 3 is 2.26 bits per heavy atom. The zero-order valence-electron chi connectivity index (χ0n) is 10.8. The molecule has 0 aliphatic rings. The smallest absolute Gasteiger partial charge is 0.248 e. The van der Waals surface area contributed by atoms with Crippen molar-refractivity contribution in [1.29, 1.82) is 0 Å². The molecule has 2 aromatic rings. The second kappa shape index (κ2) is 5.80. The van der Waals surface area contributed by atoms with Gasteiger partial charge in [0.2, 0.25) is 5.91 Å². The summed E-state index contributed by atoms with van der Waals surface area (Å²) < 4.78 is 5.30. The van der Waals surface area contributed by atoms with Gasteiger partial charge >= 0.3 is 0 Å². The largest absolute Gasteiger partial charge is 0.496 e. The molecule has 0 radical (unpaired) electrons. The Labute approximate surface area is 116 Å². The van der Waals surface area contributed by atoms with Crippen molar-refractivity contribution in [2.75, 3.05) is 13.4 Å². The van der Waals surface area contributed by atoms with Crippen LogP contribution in [0.1, 0.15) is 10.4 Å². The van der Waals surface area contributed by atoms with Gasteiger partial charge in [-0.1, -0.05) is 18.2 Å². The molecule has 3 nitrogen and oxygen atoms in total. The minimum Gasteiger partial charge on any atom is -0.496 e. The van der Waals surface area contributed by atoms with Crippen molar-refractivity contribution < 1.29 is 9.53 Å². The predicted molar refractivity (Wildman–Crippen MR) is 78.7 cm³/mol. The lowest BCUT2D eigenvalue weighted by Gasteiger charge is -2.09. The number of thioether (sulfide) groups is 1. The van der Waals surface area contributed by atoms with E-state index in [4.69, 9.17) is 10.5 Å². The van der Waals surface area contributed by atoms with Gasteiger partial charge in [0.15, 0.2) is 0 Å². The van der Waals surface area contributed by atoms with Gasteiger partial charge in [0.1, 0.15) is 5.75 Å².